The summed E-state index contributed by atoms with van der Waals surface area (Å²) in [5, 5.41) is 3.00. The third kappa shape index (κ3) is 5.98. The third-order valence-corrected chi connectivity index (χ3v) is 9.43. The van der Waals surface area contributed by atoms with Crippen LogP contribution in [0.25, 0.3) is 11.1 Å². The maximum absolute atomic E-state index is 13.2. The van der Waals surface area contributed by atoms with Crippen LogP contribution in [-0.4, -0.2) is 20.4 Å². The lowest BCUT2D eigenvalue weighted by molar-refractivity contribution is -0.126. The largest absolute Gasteiger partial charge is 0.349 e. The van der Waals surface area contributed by atoms with Gasteiger partial charge < -0.3 is 11.1 Å². The zero-order chi connectivity index (χ0) is 26.9. The Morgan fingerprint density at radius 3 is 2.00 bits per heavy atom. The minimum Gasteiger partial charge on any atom is -0.349 e. The Balaban J connectivity index is 1.13. The first-order chi connectivity index (χ1) is 18.1. The average molecular weight is 536 g/mol. The number of carbonyl (C=O) groups is 1. The van der Waals surface area contributed by atoms with Crippen molar-refractivity contribution in [1.82, 2.24) is 10.0 Å². The number of nitrogens with two attached hydrogens (primary N) is 1. The van der Waals surface area contributed by atoms with Crippen molar-refractivity contribution in [3.8, 4) is 11.1 Å². The van der Waals surface area contributed by atoms with Crippen molar-refractivity contribution in [3.63, 3.8) is 0 Å². The fourth-order valence-corrected chi connectivity index (χ4v) is 6.48. The molecule has 38 heavy (non-hydrogen) atoms. The van der Waals surface area contributed by atoms with E-state index in [1.165, 1.54) is 12.1 Å². The summed E-state index contributed by atoms with van der Waals surface area (Å²) in [7, 11) is -3.67. The molecule has 6 nitrogen and oxygen atoms in total. The van der Waals surface area contributed by atoms with Gasteiger partial charge in [-0.05, 0) is 92.0 Å². The highest BCUT2D eigenvalue weighted by Crippen LogP contribution is 2.43. The molecule has 1 amide bonds. The van der Waals surface area contributed by atoms with E-state index in [-0.39, 0.29) is 40.2 Å². The van der Waals surface area contributed by atoms with Gasteiger partial charge in [0.1, 0.15) is 5.82 Å². The Morgan fingerprint density at radius 2 is 1.45 bits per heavy atom. The molecule has 0 saturated heterocycles. The van der Waals surface area contributed by atoms with E-state index in [4.69, 9.17) is 5.73 Å². The number of rotatable bonds is 8. The van der Waals surface area contributed by atoms with Gasteiger partial charge in [0.2, 0.25) is 15.9 Å². The molecular formula is C30H34FN3O3S. The average Bonchev–Trinajstić information content (AvgIpc) is 3.68. The quantitative estimate of drug-likeness (QED) is 0.371. The zero-order valence-electron chi connectivity index (χ0n) is 21.5. The van der Waals surface area contributed by atoms with Crippen molar-refractivity contribution in [3.05, 3.63) is 89.7 Å². The Hall–Kier alpha value is -3.07. The van der Waals surface area contributed by atoms with Gasteiger partial charge >= 0.3 is 0 Å². The smallest absolute Gasteiger partial charge is 0.240 e. The van der Waals surface area contributed by atoms with E-state index in [2.05, 4.69) is 22.2 Å². The third-order valence-electron chi connectivity index (χ3n) is 7.89. The summed E-state index contributed by atoms with van der Waals surface area (Å²) in [6, 6.07) is 20.7. The fraction of sp³-hybridized carbons (Fsp3) is 0.367. The molecule has 0 radical (unpaired) electrons. The fourth-order valence-electron chi connectivity index (χ4n) is 5.17. The van der Waals surface area contributed by atoms with Crippen LogP contribution in [-0.2, 0) is 20.4 Å². The highest BCUT2D eigenvalue weighted by atomic mass is 32.2. The Labute approximate surface area is 223 Å². The van der Waals surface area contributed by atoms with Gasteiger partial charge in [-0.1, -0.05) is 48.5 Å². The zero-order valence-corrected chi connectivity index (χ0v) is 22.3. The first-order valence-corrected chi connectivity index (χ1v) is 14.7. The molecule has 0 heterocycles. The molecule has 0 aliphatic heterocycles. The second-order valence-corrected chi connectivity index (χ2v) is 12.4. The first kappa shape index (κ1) is 26.5. The van der Waals surface area contributed by atoms with E-state index in [1.807, 2.05) is 31.2 Å². The molecule has 8 heteroatoms. The minimum absolute atomic E-state index is 0.0504. The normalized spacial score (nSPS) is 21.4. The molecule has 1 atom stereocenters. The molecule has 200 valence electrons. The predicted molar refractivity (Wildman–Crippen MR) is 146 cm³/mol. The number of nitrogens with one attached hydrogen (secondary N) is 2. The molecule has 2 aliphatic carbocycles. The van der Waals surface area contributed by atoms with E-state index >= 15 is 0 Å². The highest BCUT2D eigenvalue weighted by molar-refractivity contribution is 7.89. The molecule has 0 spiro atoms. The van der Waals surface area contributed by atoms with Crippen LogP contribution in [0.2, 0.25) is 0 Å². The number of hydrogen-bond acceptors (Lipinski definition) is 4. The van der Waals surface area contributed by atoms with Gasteiger partial charge in [-0.15, -0.1) is 0 Å². The lowest BCUT2D eigenvalue weighted by Crippen LogP contribution is -2.41. The second-order valence-electron chi connectivity index (χ2n) is 10.7. The van der Waals surface area contributed by atoms with Crippen molar-refractivity contribution in [1.29, 1.82) is 0 Å². The molecule has 0 unspecified atom stereocenters. The van der Waals surface area contributed by atoms with E-state index < -0.39 is 10.0 Å². The van der Waals surface area contributed by atoms with Crippen molar-refractivity contribution in [2.75, 3.05) is 0 Å². The van der Waals surface area contributed by atoms with Crippen molar-refractivity contribution in [2.24, 2.45) is 11.7 Å². The molecule has 3 aromatic carbocycles. The lowest BCUT2D eigenvalue weighted by Gasteiger charge is -2.29. The summed E-state index contributed by atoms with van der Waals surface area (Å²) in [6.45, 7) is 1.87. The van der Waals surface area contributed by atoms with Crippen LogP contribution in [0.15, 0.2) is 77.7 Å². The maximum atomic E-state index is 13.2. The summed E-state index contributed by atoms with van der Waals surface area (Å²) >= 11 is 0. The van der Waals surface area contributed by atoms with Crippen LogP contribution in [0.1, 0.15) is 62.6 Å². The molecular weight excluding hydrogens is 501 g/mol. The maximum Gasteiger partial charge on any atom is 0.240 e. The number of sulfonamides is 1. The molecule has 3 aromatic rings. The van der Waals surface area contributed by atoms with Crippen molar-refractivity contribution < 1.29 is 17.6 Å². The topological polar surface area (TPSA) is 101 Å². The molecule has 0 aromatic heterocycles. The number of benzene rings is 3. The lowest BCUT2D eigenvalue weighted by atomic mass is 9.85. The van der Waals surface area contributed by atoms with E-state index in [1.54, 1.807) is 24.3 Å². The van der Waals surface area contributed by atoms with Gasteiger partial charge in [-0.3, -0.25) is 4.79 Å². The van der Waals surface area contributed by atoms with E-state index in [0.717, 1.165) is 35.1 Å². The van der Waals surface area contributed by atoms with Gasteiger partial charge in [0.15, 0.2) is 0 Å². The Bertz CT molecular complexity index is 1380. The van der Waals surface area contributed by atoms with Crippen LogP contribution in [0.4, 0.5) is 4.39 Å². The summed E-state index contributed by atoms with van der Waals surface area (Å²) < 4.78 is 42.0. The van der Waals surface area contributed by atoms with Gasteiger partial charge in [0.25, 0.3) is 0 Å². The summed E-state index contributed by atoms with van der Waals surface area (Å²) in [4.78, 5) is 13.0. The van der Waals surface area contributed by atoms with Gasteiger partial charge in [-0.25, -0.2) is 17.5 Å². The molecule has 2 aliphatic rings. The number of hydrogen-bond donors (Lipinski definition) is 3. The summed E-state index contributed by atoms with van der Waals surface area (Å²) in [6.07, 6.45) is 4.42. The molecule has 2 saturated carbocycles. The van der Waals surface area contributed by atoms with Gasteiger partial charge in [0.05, 0.1) is 10.9 Å². The predicted octanol–water partition coefficient (Wildman–Crippen LogP) is 5.16. The molecule has 2 fully saturated rings. The molecule has 4 N–H and O–H groups in total. The second kappa shape index (κ2) is 10.6. The van der Waals surface area contributed by atoms with Crippen LogP contribution in [0.5, 0.6) is 0 Å². The number of amides is 1. The van der Waals surface area contributed by atoms with Crippen molar-refractivity contribution in [2.45, 2.75) is 68.0 Å². The minimum atomic E-state index is -3.67. The molecule has 0 bridgehead atoms. The Kier molecular flexibility index (Phi) is 7.40. The first-order valence-electron chi connectivity index (χ1n) is 13.2. The standard InChI is InChI=1S/C30H34FN3O3S/c1-20(21-4-12-26(31)13-5-21)33-29(35)24-6-14-27(15-7-24)34-38(36,37)28-16-8-23(9-17-28)22-2-10-25(11-3-22)30(32)18-19-30/h2-5,8-13,16-17,20,24,27,34H,6-7,14-15,18-19,32H2,1H3,(H,33,35)/t20-,24-,27-/m1/s1. The number of carbonyl (C=O) groups excluding carboxylic acids is 1. The SMILES string of the molecule is C[C@@H](NC(=O)[C@H]1CC[C@H](NS(=O)(=O)c2ccc(-c3ccc(C4(N)CC4)cc3)cc2)CC1)c1ccc(F)cc1. The monoisotopic (exact) mass is 535 g/mol. The van der Waals surface area contributed by atoms with E-state index in [0.29, 0.717) is 25.7 Å². The Morgan fingerprint density at radius 1 is 0.895 bits per heavy atom. The van der Waals surface area contributed by atoms with Gasteiger partial charge in [-0.2, -0.15) is 0 Å². The van der Waals surface area contributed by atoms with Gasteiger partial charge in [0, 0.05) is 17.5 Å². The number of halogens is 1. The van der Waals surface area contributed by atoms with E-state index in [9.17, 15) is 17.6 Å². The summed E-state index contributed by atoms with van der Waals surface area (Å²) in [5.41, 5.74) is 10.0. The van der Waals surface area contributed by atoms with Crippen LogP contribution >= 0.6 is 0 Å². The van der Waals surface area contributed by atoms with Crippen LogP contribution < -0.4 is 15.8 Å². The highest BCUT2D eigenvalue weighted by Gasteiger charge is 2.39. The van der Waals surface area contributed by atoms with Crippen molar-refractivity contribution >= 4 is 15.9 Å². The van der Waals surface area contributed by atoms with Crippen LogP contribution in [0, 0.1) is 11.7 Å². The van der Waals surface area contributed by atoms with Crippen LogP contribution in [0.3, 0.4) is 0 Å². The molecule has 5 rings (SSSR count). The summed E-state index contributed by atoms with van der Waals surface area (Å²) in [5.74, 6) is -0.531.